The van der Waals surface area contributed by atoms with Crippen LogP contribution in [0.1, 0.15) is 283 Å². The zero-order valence-corrected chi connectivity index (χ0v) is 85.2. The first-order valence-corrected chi connectivity index (χ1v) is 51.8. The Kier molecular flexibility index (Phi) is 45.0. The normalized spacial score (nSPS) is 11.4. The summed E-state index contributed by atoms with van der Waals surface area (Å²) in [5, 5.41) is 35.0. The number of ketones is 1. The number of hydrogen-bond donors (Lipinski definition) is 10. The van der Waals surface area contributed by atoms with E-state index in [1.165, 1.54) is 67.1 Å². The number of Topliss-reactive ketones (excluding diaryl/α,β-unsaturated/α-hetero) is 1. The Bertz CT molecular complexity index is 5950. The van der Waals surface area contributed by atoms with E-state index in [0.29, 0.717) is 111 Å². The van der Waals surface area contributed by atoms with Gasteiger partial charge in [-0.2, -0.15) is 18.6 Å². The summed E-state index contributed by atoms with van der Waals surface area (Å²) in [4.78, 5) is 119. The molecule has 0 radical (unpaired) electrons. The molecular formula is C102H114Br3F3N6O19Zn. The minimum absolute atomic E-state index is 0.0480. The first-order valence-electron chi connectivity index (χ1n) is 43.3. The molecule has 0 bridgehead atoms. The van der Waals surface area contributed by atoms with Crippen LogP contribution >= 0.6 is 45.5 Å². The number of esters is 4. The van der Waals surface area contributed by atoms with Crippen LogP contribution in [0.5, 0.6) is 0 Å². The van der Waals surface area contributed by atoms with E-state index in [1.807, 2.05) is 72.7 Å². The summed E-state index contributed by atoms with van der Waals surface area (Å²) in [7, 11) is 2.69. The average molecular weight is 2090 g/mol. The molecule has 6 aromatic heterocycles. The van der Waals surface area contributed by atoms with Gasteiger partial charge in [-0.15, -0.1) is 6.07 Å². The van der Waals surface area contributed by atoms with E-state index in [2.05, 4.69) is 121 Å². The molecule has 10 N–H and O–H groups in total. The number of carboxylic acids is 4. The molecule has 1 aliphatic rings. The van der Waals surface area contributed by atoms with E-state index in [4.69, 9.17) is 39.0 Å². The number of hydrogen-bond acceptors (Lipinski definition) is 15. The Labute approximate surface area is 811 Å². The van der Waals surface area contributed by atoms with Gasteiger partial charge >= 0.3 is 77.7 Å². The molecule has 6 aromatic carbocycles. The molecule has 12 aromatic rings. The molecule has 32 heteroatoms. The van der Waals surface area contributed by atoms with Crippen molar-refractivity contribution in [1.82, 2.24) is 29.9 Å². The van der Waals surface area contributed by atoms with Crippen LogP contribution in [-0.4, -0.2) is 143 Å². The summed E-state index contributed by atoms with van der Waals surface area (Å²) in [5.74, 6) is -6.76. The SMILES string of the molecule is CCC(=O)c1c[nH]c(C(=O)O)c1.CCCc1c[nH]c(C(=O)O)c1.CCCc1cc(C(=O)O)[nH]c1Br.CCCc1cc(C(=O)OC)[nH]c1Br.CCCc1cc(C(=O)OC)[nH]c1Cc1ccc(-c2ccccc2C(=O)O)cc1F.CCCc1cc(C2OCCO2)[nH]c1Cc1ccc(-c2ccccc2C(=O)OC(C)(C)C)cc1F.[CH2-]c1ccc(-c2ccccc2C(=O)OC(C)(C)C)cc1F.[Zn+][Br]. The number of halogens is 6. The Hall–Kier alpha value is -11.9. The molecule has 25 nitrogen and oxygen atoms in total. The van der Waals surface area contributed by atoms with Crippen molar-refractivity contribution in [3.05, 3.63) is 322 Å². The van der Waals surface area contributed by atoms with Gasteiger partial charge in [0.15, 0.2) is 12.1 Å². The summed E-state index contributed by atoms with van der Waals surface area (Å²) in [5.41, 5.74) is 14.4. The Balaban J connectivity index is 0.000000250. The van der Waals surface area contributed by atoms with Crippen molar-refractivity contribution in [2.75, 3.05) is 27.4 Å². The summed E-state index contributed by atoms with van der Waals surface area (Å²) in [6, 6.07) is 45.5. The molecule has 0 atom stereocenters. The maximum atomic E-state index is 15.3. The van der Waals surface area contributed by atoms with Gasteiger partial charge in [-0.05, 0) is 245 Å². The Morgan fingerprint density at radius 3 is 1.21 bits per heavy atom. The molecule has 1 fully saturated rings. The fourth-order valence-electron chi connectivity index (χ4n) is 13.6. The third kappa shape index (κ3) is 33.9. The molecule has 1 saturated heterocycles. The van der Waals surface area contributed by atoms with Crippen LogP contribution in [0.15, 0.2) is 185 Å². The monoisotopic (exact) mass is 2080 g/mol. The van der Waals surface area contributed by atoms with Gasteiger partial charge < -0.3 is 78.8 Å². The number of aryl methyl sites for hydroxylation is 5. The quantitative estimate of drug-likeness (QED) is 0.00716. The molecule has 0 saturated carbocycles. The zero-order valence-electron chi connectivity index (χ0n) is 77.5. The fraction of sp³-hybridized carbons (Fsp3) is 0.314. The number of carbonyl (C=O) groups is 9. The van der Waals surface area contributed by atoms with Crippen molar-refractivity contribution in [1.29, 1.82) is 0 Å². The third-order valence-corrected chi connectivity index (χ3v) is 21.2. The molecule has 13 rings (SSSR count). The molecular weight excluding hydrogens is 1980 g/mol. The molecule has 1 aliphatic heterocycles. The van der Waals surface area contributed by atoms with Crippen molar-refractivity contribution in [2.24, 2.45) is 0 Å². The van der Waals surface area contributed by atoms with Gasteiger partial charge in [-0.1, -0.05) is 159 Å². The van der Waals surface area contributed by atoms with Crippen LogP contribution in [-0.2, 0) is 89.7 Å². The van der Waals surface area contributed by atoms with Gasteiger partial charge in [0.05, 0.1) is 59.0 Å². The van der Waals surface area contributed by atoms with Crippen LogP contribution < -0.4 is 0 Å². The second-order valence-electron chi connectivity index (χ2n) is 32.4. The standard InChI is InChI=1S/C28H32FNO4.C23H22FNO4.C18H18FO2.C9H12BrNO2.C8H10BrNO2.C8H9NO3.C8H11NO2.BrH.Zn/c1-5-8-20-17-25(27-32-13-14-33-27)30-24(20)16-19-12-11-18(15-23(19)29)21-9-6-7-10-22(21)26(31)34-28(2,3)4;1-3-6-16-13-21(23(28)29-2)25-20(16)12-15-10-9-14(11-19(15)24)17-7-4-5-8-18(17)22(26)27;1-12-9-10-13(11-16(12)19)14-7-5-6-8-15(14)17(20)21-18(2,3)4;1-3-4-6-5-7(9(12)13-2)11-8(6)10;1-2-3-5-4-6(8(11)12)10-7(5)9;1-2-7(10)5-3-6(8(11)12)9-4-5;1-2-3-6-4-7(8(10)11)9-5-6;;/h6-7,9-12,15,17,27,30H,5,8,13-14,16H2,1-4H3;4-5,7-11,13,25H,3,6,12H2,1-2H3,(H,26,27);5-11H,1H2,2-4H3;5,11H,3-4H2,1-2H3;4,10H,2-3H2,1H3,(H,11,12);3-4,9H,2H2,1H3,(H,11,12);4-5,9H,2-3H2,1H3,(H,10,11);1H;/q;;-1;;;;;;+2/p-1. The van der Waals surface area contributed by atoms with E-state index >= 15 is 4.39 Å². The van der Waals surface area contributed by atoms with Gasteiger partial charge in [0, 0.05) is 54.4 Å². The number of nitrogens with one attached hydrogen (secondary N) is 6. The van der Waals surface area contributed by atoms with E-state index < -0.39 is 64.6 Å². The third-order valence-electron chi connectivity index (χ3n) is 19.8. The molecule has 134 heavy (non-hydrogen) atoms. The van der Waals surface area contributed by atoms with Crippen molar-refractivity contribution < 1.29 is 122 Å². The summed E-state index contributed by atoms with van der Waals surface area (Å²) in [6.07, 6.45) is 13.3. The fourth-order valence-corrected chi connectivity index (χ4v) is 14.6. The van der Waals surface area contributed by atoms with E-state index in [-0.39, 0.29) is 46.5 Å². The van der Waals surface area contributed by atoms with Crippen LogP contribution in [0, 0.1) is 24.4 Å². The molecule has 0 spiro atoms. The first-order chi connectivity index (χ1) is 63.7. The van der Waals surface area contributed by atoms with Gasteiger partial charge in [0.25, 0.3) is 0 Å². The number of aromatic carboxylic acids is 4. The first kappa shape index (κ1) is 111. The van der Waals surface area contributed by atoms with Crippen LogP contribution in [0.25, 0.3) is 33.4 Å². The van der Waals surface area contributed by atoms with E-state index in [0.717, 1.165) is 118 Å². The summed E-state index contributed by atoms with van der Waals surface area (Å²) < 4.78 is 77.0. The van der Waals surface area contributed by atoms with Crippen molar-refractivity contribution >= 4 is 99.0 Å². The van der Waals surface area contributed by atoms with Gasteiger partial charge in [-0.25, -0.2) is 47.1 Å². The van der Waals surface area contributed by atoms with Crippen LogP contribution in [0.3, 0.4) is 0 Å². The second-order valence-corrected chi connectivity index (χ2v) is 34.0. The maximum absolute atomic E-state index is 15.3. The molecule has 7 heterocycles. The number of rotatable bonds is 28. The summed E-state index contributed by atoms with van der Waals surface area (Å²) >= 11 is 10.9. The number of carboxylic acid groups (broad SMARTS) is 4. The van der Waals surface area contributed by atoms with Crippen molar-refractivity contribution in [3.63, 3.8) is 0 Å². The van der Waals surface area contributed by atoms with Gasteiger partial charge in [0.2, 0.25) is 0 Å². The molecule has 0 amide bonds. The predicted molar refractivity (Wildman–Crippen MR) is 515 cm³/mol. The number of aromatic amines is 6. The second kappa shape index (κ2) is 54.4. The average Bonchev–Trinajstić information content (AvgIpc) is 1.58. The molecule has 0 unspecified atom stereocenters. The number of methoxy groups -OCH3 is 2. The topological polar surface area (TPSA) is 385 Å². The zero-order chi connectivity index (χ0) is 99.3. The Morgan fingerprint density at radius 2 is 0.806 bits per heavy atom. The Morgan fingerprint density at radius 1 is 0.425 bits per heavy atom. The number of H-pyrrole nitrogens is 6. The van der Waals surface area contributed by atoms with Gasteiger partial charge in [0.1, 0.15) is 51.3 Å². The number of aromatic nitrogens is 6. The number of ether oxygens (including phenoxy) is 6. The van der Waals surface area contributed by atoms with E-state index in [9.17, 15) is 57.0 Å². The number of benzene rings is 6. The van der Waals surface area contributed by atoms with Gasteiger partial charge in [-0.3, -0.25) is 9.18 Å². The minimum atomic E-state index is -1.06. The van der Waals surface area contributed by atoms with Crippen molar-refractivity contribution in [2.45, 2.75) is 184 Å². The molecule has 0 aliphatic carbocycles. The molecule has 710 valence electrons. The number of carbonyl (C=O) groups excluding carboxylic acids is 5. The van der Waals surface area contributed by atoms with Crippen molar-refractivity contribution in [3.8, 4) is 33.4 Å². The predicted octanol–water partition coefficient (Wildman–Crippen LogP) is 24.6. The van der Waals surface area contributed by atoms with Crippen LogP contribution in [0.4, 0.5) is 13.2 Å². The van der Waals surface area contributed by atoms with E-state index in [1.54, 1.807) is 116 Å². The van der Waals surface area contributed by atoms with Crippen LogP contribution in [0.2, 0.25) is 0 Å². The summed E-state index contributed by atoms with van der Waals surface area (Å²) in [6.45, 7) is 27.7.